The lowest BCUT2D eigenvalue weighted by molar-refractivity contribution is 0.409. The Hall–Kier alpha value is -0.473. The van der Waals surface area contributed by atoms with Crippen molar-refractivity contribution in [3.05, 3.63) is 29.8 Å². The van der Waals surface area contributed by atoms with Gasteiger partial charge >= 0.3 is 0 Å². The van der Waals surface area contributed by atoms with Crippen LogP contribution in [0.25, 0.3) is 0 Å². The van der Waals surface area contributed by atoms with Gasteiger partial charge in [0.15, 0.2) is 7.38 Å². The molecule has 1 rings (SSSR count). The second kappa shape index (κ2) is 5.57. The Morgan fingerprint density at radius 2 is 1.93 bits per heavy atom. The number of para-hydroxylation sites is 1. The zero-order valence-corrected chi connectivity index (χ0v) is 11.5. The van der Waals surface area contributed by atoms with Crippen molar-refractivity contribution in [2.24, 2.45) is 0 Å². The molecule has 1 nitrogen and oxygen atoms in total. The number of aryl methyl sites for hydroxylation is 1. The fraction of sp³-hybridized carbons (Fsp3) is 0.500. The first kappa shape index (κ1) is 12.6. The Kier molecular flexibility index (Phi) is 4.67. The quantitative estimate of drug-likeness (QED) is 0.559. The summed E-state index contributed by atoms with van der Waals surface area (Å²) in [4.78, 5) is 0. The summed E-state index contributed by atoms with van der Waals surface area (Å²) in [6.45, 7) is 4.38. The van der Waals surface area contributed by atoms with Crippen LogP contribution in [0.1, 0.15) is 12.0 Å². The Morgan fingerprint density at radius 3 is 2.53 bits per heavy atom. The first-order valence-corrected chi connectivity index (χ1v) is 9.55. The average Bonchev–Trinajstić information content (AvgIpc) is 2.16. The van der Waals surface area contributed by atoms with Crippen molar-refractivity contribution in [2.45, 2.75) is 32.0 Å². The monoisotopic (exact) mass is 242 g/mol. The van der Waals surface area contributed by atoms with Gasteiger partial charge in [-0.3, -0.25) is 0 Å². The third-order valence-corrected chi connectivity index (χ3v) is 4.52. The highest BCUT2D eigenvalue weighted by Gasteiger charge is 2.16. The Balaban J connectivity index is 2.50. The van der Waals surface area contributed by atoms with Crippen LogP contribution in [0.2, 0.25) is 19.1 Å². The summed E-state index contributed by atoms with van der Waals surface area (Å²) in [5, 5.41) is 0. The third kappa shape index (κ3) is 4.71. The highest BCUT2D eigenvalue weighted by atomic mass is 35.6. The van der Waals surface area contributed by atoms with E-state index in [-0.39, 0.29) is 0 Å². The lowest BCUT2D eigenvalue weighted by Gasteiger charge is -2.13. The molecule has 1 aromatic rings. The number of hydrogen-bond donors (Lipinski definition) is 0. The van der Waals surface area contributed by atoms with Gasteiger partial charge in [-0.05, 0) is 24.1 Å². The van der Waals surface area contributed by atoms with Gasteiger partial charge in [0, 0.05) is 0 Å². The second-order valence-corrected chi connectivity index (χ2v) is 11.4. The fourth-order valence-electron chi connectivity index (χ4n) is 1.61. The van der Waals surface area contributed by atoms with E-state index >= 15 is 0 Å². The van der Waals surface area contributed by atoms with Crippen molar-refractivity contribution in [1.82, 2.24) is 0 Å². The minimum absolute atomic E-state index is 0.992. The molecule has 0 N–H and O–H groups in total. The molecule has 0 radical (unpaired) electrons. The van der Waals surface area contributed by atoms with Crippen molar-refractivity contribution in [2.75, 3.05) is 7.11 Å². The van der Waals surface area contributed by atoms with Gasteiger partial charge in [0.05, 0.1) is 7.11 Å². The van der Waals surface area contributed by atoms with Gasteiger partial charge in [-0.15, -0.1) is 0 Å². The molecule has 0 unspecified atom stereocenters. The Morgan fingerprint density at radius 1 is 1.27 bits per heavy atom. The van der Waals surface area contributed by atoms with E-state index in [0.29, 0.717) is 0 Å². The molecular weight excluding hydrogens is 224 g/mol. The maximum atomic E-state index is 6.28. The van der Waals surface area contributed by atoms with Crippen LogP contribution in [0.15, 0.2) is 24.3 Å². The molecule has 84 valence electrons. The first-order valence-electron chi connectivity index (χ1n) is 5.34. The van der Waals surface area contributed by atoms with Crippen LogP contribution in [-0.4, -0.2) is 14.5 Å². The molecule has 0 bridgehead atoms. The van der Waals surface area contributed by atoms with Crippen molar-refractivity contribution in [3.8, 4) is 5.75 Å². The number of benzene rings is 1. The molecule has 0 aliphatic rings. The van der Waals surface area contributed by atoms with Gasteiger partial charge in [-0.2, -0.15) is 11.1 Å². The molecule has 0 aliphatic heterocycles. The highest BCUT2D eigenvalue weighted by molar-refractivity contribution is 7.19. The molecule has 3 heteroatoms. The summed E-state index contributed by atoms with van der Waals surface area (Å²) in [7, 11) is 0.314. The molecule has 1 aromatic carbocycles. The molecule has 0 atom stereocenters. The van der Waals surface area contributed by atoms with Gasteiger partial charge in [0.25, 0.3) is 0 Å². The molecule has 0 fully saturated rings. The minimum Gasteiger partial charge on any atom is -0.496 e. The molecule has 0 saturated carbocycles. The zero-order chi connectivity index (χ0) is 11.3. The van der Waals surface area contributed by atoms with E-state index in [0.717, 1.165) is 24.6 Å². The van der Waals surface area contributed by atoms with Crippen LogP contribution >= 0.6 is 11.1 Å². The maximum Gasteiger partial charge on any atom is 0.150 e. The predicted octanol–water partition coefficient (Wildman–Crippen LogP) is 4.07. The molecule has 0 amide bonds. The van der Waals surface area contributed by atoms with E-state index in [1.54, 1.807) is 7.11 Å². The second-order valence-electron chi connectivity index (χ2n) is 4.38. The summed E-state index contributed by atoms with van der Waals surface area (Å²) in [6.07, 6.45) is 2.22. The standard InChI is InChI=1S/C12H19ClOSi/c1-14-12-9-5-4-7-11(12)8-6-10-15(2,3)13/h4-5,7,9H,6,8,10H2,1-3H3. The van der Waals surface area contributed by atoms with Gasteiger partial charge in [-0.1, -0.05) is 37.7 Å². The van der Waals surface area contributed by atoms with Crippen molar-refractivity contribution in [3.63, 3.8) is 0 Å². The number of methoxy groups -OCH3 is 1. The Bertz CT molecular complexity index is 307. The number of halogens is 1. The third-order valence-electron chi connectivity index (χ3n) is 2.41. The van der Waals surface area contributed by atoms with Gasteiger partial charge in [-0.25, -0.2) is 0 Å². The van der Waals surface area contributed by atoms with Gasteiger partial charge in [0.1, 0.15) is 5.75 Å². The number of rotatable bonds is 5. The molecule has 15 heavy (non-hydrogen) atoms. The van der Waals surface area contributed by atoms with Crippen LogP contribution in [0.3, 0.4) is 0 Å². The summed E-state index contributed by atoms with van der Waals surface area (Å²) >= 11 is 6.28. The maximum absolute atomic E-state index is 6.28. The van der Waals surface area contributed by atoms with Crippen LogP contribution < -0.4 is 4.74 Å². The van der Waals surface area contributed by atoms with Crippen molar-refractivity contribution < 1.29 is 4.74 Å². The van der Waals surface area contributed by atoms with Crippen LogP contribution in [-0.2, 0) is 6.42 Å². The molecule has 0 aromatic heterocycles. The van der Waals surface area contributed by atoms with Gasteiger partial charge in [0.2, 0.25) is 0 Å². The molecule has 0 aliphatic carbocycles. The molecule has 0 spiro atoms. The summed E-state index contributed by atoms with van der Waals surface area (Å²) in [5.41, 5.74) is 1.29. The number of hydrogen-bond acceptors (Lipinski definition) is 1. The molecular formula is C12H19ClOSi. The molecule has 0 saturated heterocycles. The van der Waals surface area contributed by atoms with E-state index in [1.807, 2.05) is 12.1 Å². The van der Waals surface area contributed by atoms with E-state index in [2.05, 4.69) is 25.2 Å². The zero-order valence-electron chi connectivity index (χ0n) is 9.72. The average molecular weight is 243 g/mol. The van der Waals surface area contributed by atoms with Crippen LogP contribution in [0.4, 0.5) is 0 Å². The van der Waals surface area contributed by atoms with Crippen LogP contribution in [0, 0.1) is 0 Å². The topological polar surface area (TPSA) is 9.23 Å². The SMILES string of the molecule is COc1ccccc1CCC[Si](C)(C)Cl. The summed E-state index contributed by atoms with van der Waals surface area (Å²) in [5.74, 6) is 0.992. The van der Waals surface area contributed by atoms with E-state index in [4.69, 9.17) is 15.8 Å². The smallest absolute Gasteiger partial charge is 0.150 e. The van der Waals surface area contributed by atoms with Gasteiger partial charge < -0.3 is 4.74 Å². The lowest BCUT2D eigenvalue weighted by atomic mass is 10.1. The van der Waals surface area contributed by atoms with Crippen molar-refractivity contribution >= 4 is 18.5 Å². The summed E-state index contributed by atoms with van der Waals surface area (Å²) in [6, 6.07) is 9.36. The normalized spacial score (nSPS) is 11.5. The first-order chi connectivity index (χ1) is 7.03. The predicted molar refractivity (Wildman–Crippen MR) is 69.5 cm³/mol. The number of ether oxygens (including phenoxy) is 1. The largest absolute Gasteiger partial charge is 0.496 e. The fourth-order valence-corrected chi connectivity index (χ4v) is 3.03. The van der Waals surface area contributed by atoms with E-state index in [9.17, 15) is 0 Å². The lowest BCUT2D eigenvalue weighted by Crippen LogP contribution is -2.15. The minimum atomic E-state index is -1.41. The van der Waals surface area contributed by atoms with Crippen molar-refractivity contribution in [1.29, 1.82) is 0 Å². The van der Waals surface area contributed by atoms with Crippen LogP contribution in [0.5, 0.6) is 5.75 Å². The van der Waals surface area contributed by atoms with E-state index in [1.165, 1.54) is 5.56 Å². The molecule has 0 heterocycles. The highest BCUT2D eigenvalue weighted by Crippen LogP contribution is 2.22. The summed E-state index contributed by atoms with van der Waals surface area (Å²) < 4.78 is 5.31. The van der Waals surface area contributed by atoms with E-state index < -0.39 is 7.38 Å². The Labute approximate surface area is 98.1 Å².